The van der Waals surface area contributed by atoms with Crippen LogP contribution in [0.1, 0.15) is 12.1 Å². The molecule has 0 saturated carbocycles. The Bertz CT molecular complexity index is 882. The van der Waals surface area contributed by atoms with Crippen LogP contribution in [0.3, 0.4) is 0 Å². The number of nitrogens with one attached hydrogen (secondary N) is 2. The number of hydrogen-bond donors (Lipinski definition) is 2. The van der Waals surface area contributed by atoms with Crippen molar-refractivity contribution < 1.29 is 4.79 Å². The smallest absolute Gasteiger partial charge is 0.266 e. The molecule has 0 aliphatic rings. The average molecular weight is 298 g/mol. The summed E-state index contributed by atoms with van der Waals surface area (Å²) in [5, 5.41) is 17.3. The van der Waals surface area contributed by atoms with Gasteiger partial charge in [0.05, 0.1) is 5.69 Å². The molecule has 8 heteroatoms. The van der Waals surface area contributed by atoms with Crippen LogP contribution in [-0.2, 0) is 18.3 Å². The van der Waals surface area contributed by atoms with Crippen LogP contribution in [0.5, 0.6) is 0 Å². The monoisotopic (exact) mass is 298 g/mol. The molecule has 1 amide bonds. The fraction of sp³-hybridized carbons (Fsp3) is 0.214. The number of rotatable bonds is 4. The first-order chi connectivity index (χ1) is 10.6. The van der Waals surface area contributed by atoms with Crippen molar-refractivity contribution in [3.8, 4) is 0 Å². The molecular weight excluding hydrogens is 284 g/mol. The maximum Gasteiger partial charge on any atom is 0.266 e. The summed E-state index contributed by atoms with van der Waals surface area (Å²) in [5.41, 5.74) is 2.63. The van der Waals surface area contributed by atoms with Crippen LogP contribution in [0.4, 0.5) is 5.69 Å². The summed E-state index contributed by atoms with van der Waals surface area (Å²) in [6.07, 6.45) is 0.744. The van der Waals surface area contributed by atoms with Crippen molar-refractivity contribution in [3.63, 3.8) is 0 Å². The minimum absolute atomic E-state index is 0.126. The van der Waals surface area contributed by atoms with E-state index in [4.69, 9.17) is 0 Å². The SMILES string of the molecule is Cn1nc(CCC(=O)Nc2ccc3n[nH]nc3c2)ccc1=O. The summed E-state index contributed by atoms with van der Waals surface area (Å²) in [5.74, 6) is -0.126. The Kier molecular flexibility index (Phi) is 3.65. The molecule has 0 radical (unpaired) electrons. The van der Waals surface area contributed by atoms with Gasteiger partial charge in [-0.25, -0.2) is 4.68 Å². The van der Waals surface area contributed by atoms with Crippen LogP contribution < -0.4 is 10.9 Å². The van der Waals surface area contributed by atoms with E-state index in [1.165, 1.54) is 10.7 Å². The largest absolute Gasteiger partial charge is 0.326 e. The molecule has 0 aliphatic carbocycles. The molecule has 0 fully saturated rings. The van der Waals surface area contributed by atoms with E-state index >= 15 is 0 Å². The second-order valence-electron chi connectivity index (χ2n) is 4.86. The number of fused-ring (bicyclic) bond motifs is 1. The van der Waals surface area contributed by atoms with Crippen molar-refractivity contribution in [1.82, 2.24) is 25.2 Å². The van der Waals surface area contributed by atoms with E-state index < -0.39 is 0 Å². The van der Waals surface area contributed by atoms with Crippen molar-refractivity contribution >= 4 is 22.6 Å². The van der Waals surface area contributed by atoms with E-state index in [1.54, 1.807) is 31.3 Å². The highest BCUT2D eigenvalue weighted by Crippen LogP contribution is 2.15. The van der Waals surface area contributed by atoms with Gasteiger partial charge in [0.25, 0.3) is 5.56 Å². The van der Waals surface area contributed by atoms with Gasteiger partial charge >= 0.3 is 0 Å². The molecule has 0 aliphatic heterocycles. The fourth-order valence-electron chi connectivity index (χ4n) is 2.07. The Morgan fingerprint density at radius 3 is 2.86 bits per heavy atom. The Hall–Kier alpha value is -3.03. The first-order valence-electron chi connectivity index (χ1n) is 6.75. The van der Waals surface area contributed by atoms with Gasteiger partial charge in [0.1, 0.15) is 11.0 Å². The number of carbonyl (C=O) groups is 1. The molecular formula is C14H14N6O2. The fourth-order valence-corrected chi connectivity index (χ4v) is 2.07. The van der Waals surface area contributed by atoms with Crippen LogP contribution in [0.2, 0.25) is 0 Å². The molecule has 0 spiro atoms. The molecule has 112 valence electrons. The predicted molar refractivity (Wildman–Crippen MR) is 80.3 cm³/mol. The van der Waals surface area contributed by atoms with Gasteiger partial charge in [0, 0.05) is 31.6 Å². The van der Waals surface area contributed by atoms with Gasteiger partial charge < -0.3 is 5.32 Å². The molecule has 8 nitrogen and oxygen atoms in total. The summed E-state index contributed by atoms with van der Waals surface area (Å²) in [4.78, 5) is 23.2. The molecule has 0 bridgehead atoms. The summed E-state index contributed by atoms with van der Waals surface area (Å²) in [6.45, 7) is 0. The number of aromatic amines is 1. The number of aromatic nitrogens is 5. The minimum Gasteiger partial charge on any atom is -0.326 e. The van der Waals surface area contributed by atoms with Crippen LogP contribution in [0.15, 0.2) is 35.1 Å². The molecule has 2 aromatic heterocycles. The van der Waals surface area contributed by atoms with E-state index in [0.29, 0.717) is 23.3 Å². The molecule has 3 aromatic rings. The van der Waals surface area contributed by atoms with Crippen molar-refractivity contribution in [2.24, 2.45) is 7.05 Å². The predicted octanol–water partition coefficient (Wildman–Crippen LogP) is 0.623. The molecule has 1 aromatic carbocycles. The number of H-pyrrole nitrogens is 1. The lowest BCUT2D eigenvalue weighted by Crippen LogP contribution is -2.20. The molecule has 0 unspecified atom stereocenters. The van der Waals surface area contributed by atoms with E-state index in [-0.39, 0.29) is 17.9 Å². The summed E-state index contributed by atoms with van der Waals surface area (Å²) >= 11 is 0. The van der Waals surface area contributed by atoms with Gasteiger partial charge in [-0.2, -0.15) is 20.5 Å². The Morgan fingerprint density at radius 1 is 1.23 bits per heavy atom. The second-order valence-corrected chi connectivity index (χ2v) is 4.86. The molecule has 22 heavy (non-hydrogen) atoms. The first kappa shape index (κ1) is 13.9. The minimum atomic E-state index is -0.172. The van der Waals surface area contributed by atoms with Gasteiger partial charge in [0.15, 0.2) is 0 Å². The number of nitrogens with zero attached hydrogens (tertiary/aromatic N) is 4. The lowest BCUT2D eigenvalue weighted by molar-refractivity contribution is -0.116. The van der Waals surface area contributed by atoms with Crippen molar-refractivity contribution in [1.29, 1.82) is 0 Å². The van der Waals surface area contributed by atoms with Crippen molar-refractivity contribution in [3.05, 3.63) is 46.4 Å². The third kappa shape index (κ3) is 3.00. The maximum atomic E-state index is 12.0. The van der Waals surface area contributed by atoms with E-state index in [2.05, 4.69) is 25.8 Å². The normalized spacial score (nSPS) is 10.8. The van der Waals surface area contributed by atoms with Gasteiger partial charge in [-0.3, -0.25) is 9.59 Å². The lowest BCUT2D eigenvalue weighted by atomic mass is 10.2. The summed E-state index contributed by atoms with van der Waals surface area (Å²) in [7, 11) is 1.58. The van der Waals surface area contributed by atoms with E-state index in [0.717, 1.165) is 5.52 Å². The van der Waals surface area contributed by atoms with Crippen LogP contribution >= 0.6 is 0 Å². The van der Waals surface area contributed by atoms with Gasteiger partial charge in [-0.05, 0) is 24.3 Å². The van der Waals surface area contributed by atoms with Crippen molar-refractivity contribution in [2.45, 2.75) is 12.8 Å². The van der Waals surface area contributed by atoms with Gasteiger partial charge in [0.2, 0.25) is 5.91 Å². The zero-order valence-electron chi connectivity index (χ0n) is 11.9. The van der Waals surface area contributed by atoms with E-state index in [9.17, 15) is 9.59 Å². The highest BCUT2D eigenvalue weighted by atomic mass is 16.1. The average Bonchev–Trinajstić information content (AvgIpc) is 2.96. The molecule has 3 rings (SSSR count). The zero-order valence-corrected chi connectivity index (χ0v) is 11.9. The number of anilines is 1. The Labute approximate surface area is 125 Å². The third-order valence-corrected chi connectivity index (χ3v) is 3.22. The van der Waals surface area contributed by atoms with Crippen LogP contribution in [-0.4, -0.2) is 31.1 Å². The number of carbonyl (C=O) groups excluding carboxylic acids is 1. The molecule has 2 heterocycles. The van der Waals surface area contributed by atoms with Crippen LogP contribution in [0.25, 0.3) is 11.0 Å². The standard InChI is InChI=1S/C14H14N6O2/c1-20-14(22)7-4-9(18-20)3-6-13(21)15-10-2-5-11-12(8-10)17-19-16-11/h2,4-5,7-8H,3,6H2,1H3,(H,15,21)(H,16,17,19). The summed E-state index contributed by atoms with van der Waals surface area (Å²) < 4.78 is 1.26. The first-order valence-corrected chi connectivity index (χ1v) is 6.75. The third-order valence-electron chi connectivity index (χ3n) is 3.22. The number of amides is 1. The number of benzene rings is 1. The molecule has 0 atom stereocenters. The topological polar surface area (TPSA) is 106 Å². The molecule has 0 saturated heterocycles. The lowest BCUT2D eigenvalue weighted by Gasteiger charge is -2.05. The summed E-state index contributed by atoms with van der Waals surface area (Å²) in [6, 6.07) is 8.38. The zero-order chi connectivity index (χ0) is 15.5. The Balaban J connectivity index is 1.62. The Morgan fingerprint density at radius 2 is 2.05 bits per heavy atom. The van der Waals surface area contributed by atoms with Gasteiger partial charge in [-0.15, -0.1) is 0 Å². The highest BCUT2D eigenvalue weighted by Gasteiger charge is 2.06. The maximum absolute atomic E-state index is 12.0. The van der Waals surface area contributed by atoms with Gasteiger partial charge in [-0.1, -0.05) is 0 Å². The highest BCUT2D eigenvalue weighted by molar-refractivity contribution is 5.92. The van der Waals surface area contributed by atoms with E-state index in [1.807, 2.05) is 0 Å². The van der Waals surface area contributed by atoms with Crippen molar-refractivity contribution in [2.75, 3.05) is 5.32 Å². The quantitative estimate of drug-likeness (QED) is 0.734. The number of aryl methyl sites for hydroxylation is 2. The van der Waals surface area contributed by atoms with Crippen LogP contribution in [0, 0.1) is 0 Å². The second kappa shape index (κ2) is 5.76. The molecule has 2 N–H and O–H groups in total. The number of hydrogen-bond acceptors (Lipinski definition) is 5.